The smallest absolute Gasteiger partial charge is 0.201 e. The Bertz CT molecular complexity index is 661. The van der Waals surface area contributed by atoms with E-state index in [1.165, 1.54) is 5.56 Å². The molecule has 2 aromatic rings. The standard InChI is InChI=1S/C18H18N2/c1-13-9-11-17(12-10-13)18(16-7-5-4-6-8-16)19-14(2)15(3)20-18/h4-12H,1-3H3. The number of benzene rings is 2. The SMILES string of the molecule is CC1=NC(c2ccccc2)(c2ccc(C)cc2)N=C1C. The van der Waals surface area contributed by atoms with Crippen LogP contribution < -0.4 is 0 Å². The van der Waals surface area contributed by atoms with E-state index >= 15 is 0 Å². The van der Waals surface area contributed by atoms with E-state index in [4.69, 9.17) is 9.98 Å². The van der Waals surface area contributed by atoms with Gasteiger partial charge in [-0.2, -0.15) is 0 Å². The molecule has 0 atom stereocenters. The lowest BCUT2D eigenvalue weighted by atomic mass is 9.92. The van der Waals surface area contributed by atoms with E-state index in [1.54, 1.807) is 0 Å². The molecule has 0 N–H and O–H groups in total. The van der Waals surface area contributed by atoms with Crippen LogP contribution in [0.15, 0.2) is 64.6 Å². The average molecular weight is 262 g/mol. The molecule has 1 aliphatic heterocycles. The third-order valence-corrected chi connectivity index (χ3v) is 3.81. The highest BCUT2D eigenvalue weighted by molar-refractivity contribution is 6.42. The largest absolute Gasteiger partial charge is 0.249 e. The van der Waals surface area contributed by atoms with Crippen LogP contribution in [0, 0.1) is 6.92 Å². The zero-order chi connectivity index (χ0) is 14.2. The third-order valence-electron chi connectivity index (χ3n) is 3.81. The molecule has 0 amide bonds. The van der Waals surface area contributed by atoms with E-state index in [9.17, 15) is 0 Å². The number of rotatable bonds is 2. The second-order valence-corrected chi connectivity index (χ2v) is 5.30. The lowest BCUT2D eigenvalue weighted by Crippen LogP contribution is -2.21. The summed E-state index contributed by atoms with van der Waals surface area (Å²) in [5.74, 6) is 0. The average Bonchev–Trinajstić information content (AvgIpc) is 2.77. The van der Waals surface area contributed by atoms with Crippen LogP contribution in [0.1, 0.15) is 30.5 Å². The molecule has 0 aromatic heterocycles. The normalized spacial score (nSPS) is 16.8. The summed E-state index contributed by atoms with van der Waals surface area (Å²) in [7, 11) is 0. The second-order valence-electron chi connectivity index (χ2n) is 5.30. The van der Waals surface area contributed by atoms with Crippen molar-refractivity contribution in [3.63, 3.8) is 0 Å². The lowest BCUT2D eigenvalue weighted by molar-refractivity contribution is 0.588. The molecule has 3 rings (SSSR count). The molecule has 0 radical (unpaired) electrons. The van der Waals surface area contributed by atoms with E-state index in [0.29, 0.717) is 0 Å². The van der Waals surface area contributed by atoms with Gasteiger partial charge in [-0.05, 0) is 20.8 Å². The third kappa shape index (κ3) is 1.97. The van der Waals surface area contributed by atoms with Crippen LogP contribution in [0.3, 0.4) is 0 Å². The van der Waals surface area contributed by atoms with Gasteiger partial charge in [0.05, 0.1) is 11.4 Å². The molecular formula is C18H18N2. The fourth-order valence-electron chi connectivity index (χ4n) is 2.55. The monoisotopic (exact) mass is 262 g/mol. The Labute approximate surface area is 119 Å². The summed E-state index contributed by atoms with van der Waals surface area (Å²) in [5.41, 5.74) is 4.88. The van der Waals surface area contributed by atoms with Gasteiger partial charge < -0.3 is 0 Å². The van der Waals surface area contributed by atoms with Crippen molar-refractivity contribution in [3.8, 4) is 0 Å². The molecule has 0 saturated heterocycles. The molecule has 0 saturated carbocycles. The molecule has 20 heavy (non-hydrogen) atoms. The van der Waals surface area contributed by atoms with Crippen molar-refractivity contribution in [1.82, 2.24) is 0 Å². The predicted molar refractivity (Wildman–Crippen MR) is 84.6 cm³/mol. The van der Waals surface area contributed by atoms with E-state index in [1.807, 2.05) is 32.0 Å². The van der Waals surface area contributed by atoms with Gasteiger partial charge in [0.15, 0.2) is 0 Å². The Morgan fingerprint density at radius 2 is 1.15 bits per heavy atom. The van der Waals surface area contributed by atoms with Crippen molar-refractivity contribution in [2.24, 2.45) is 9.98 Å². The number of hydrogen-bond donors (Lipinski definition) is 0. The summed E-state index contributed by atoms with van der Waals surface area (Å²) in [4.78, 5) is 9.77. The van der Waals surface area contributed by atoms with Crippen LogP contribution in [0.2, 0.25) is 0 Å². The first kappa shape index (κ1) is 12.8. The van der Waals surface area contributed by atoms with Crippen molar-refractivity contribution < 1.29 is 0 Å². The van der Waals surface area contributed by atoms with Gasteiger partial charge in [-0.15, -0.1) is 0 Å². The molecule has 0 aliphatic carbocycles. The maximum atomic E-state index is 4.88. The molecule has 0 bridgehead atoms. The van der Waals surface area contributed by atoms with Crippen molar-refractivity contribution >= 4 is 11.4 Å². The lowest BCUT2D eigenvalue weighted by Gasteiger charge is -2.24. The summed E-state index contributed by atoms with van der Waals surface area (Å²) in [6.07, 6.45) is 0. The first-order chi connectivity index (χ1) is 9.62. The highest BCUT2D eigenvalue weighted by Crippen LogP contribution is 2.38. The highest BCUT2D eigenvalue weighted by atomic mass is 15.1. The van der Waals surface area contributed by atoms with Gasteiger partial charge in [0.1, 0.15) is 0 Å². The Balaban J connectivity index is 2.23. The van der Waals surface area contributed by atoms with Gasteiger partial charge in [0.2, 0.25) is 5.66 Å². The summed E-state index contributed by atoms with van der Waals surface area (Å²) in [5, 5.41) is 0. The first-order valence-corrected chi connectivity index (χ1v) is 6.88. The molecule has 0 fully saturated rings. The van der Waals surface area contributed by atoms with Crippen LogP contribution in [0.4, 0.5) is 0 Å². The van der Waals surface area contributed by atoms with Gasteiger partial charge in [-0.1, -0.05) is 60.2 Å². The number of nitrogens with zero attached hydrogens (tertiary/aromatic N) is 2. The van der Waals surface area contributed by atoms with E-state index in [0.717, 1.165) is 22.6 Å². The van der Waals surface area contributed by atoms with Gasteiger partial charge in [-0.25, -0.2) is 9.98 Å². The van der Waals surface area contributed by atoms with Crippen molar-refractivity contribution in [2.45, 2.75) is 26.4 Å². The van der Waals surface area contributed by atoms with Crippen LogP contribution in [0.25, 0.3) is 0 Å². The molecule has 100 valence electrons. The summed E-state index contributed by atoms with van der Waals surface area (Å²) < 4.78 is 0. The molecule has 1 aliphatic rings. The molecule has 1 heterocycles. The number of hydrogen-bond acceptors (Lipinski definition) is 2. The quantitative estimate of drug-likeness (QED) is 0.777. The van der Waals surface area contributed by atoms with E-state index in [-0.39, 0.29) is 0 Å². The molecular weight excluding hydrogens is 244 g/mol. The van der Waals surface area contributed by atoms with Gasteiger partial charge >= 0.3 is 0 Å². The Morgan fingerprint density at radius 1 is 0.650 bits per heavy atom. The van der Waals surface area contributed by atoms with Gasteiger partial charge in [-0.3, -0.25) is 0 Å². The first-order valence-electron chi connectivity index (χ1n) is 6.88. The maximum Gasteiger partial charge on any atom is 0.201 e. The van der Waals surface area contributed by atoms with Crippen molar-refractivity contribution in [3.05, 3.63) is 71.3 Å². The molecule has 2 aromatic carbocycles. The van der Waals surface area contributed by atoms with Crippen molar-refractivity contribution in [2.75, 3.05) is 0 Å². The topological polar surface area (TPSA) is 24.7 Å². The van der Waals surface area contributed by atoms with Crippen LogP contribution in [0.5, 0.6) is 0 Å². The van der Waals surface area contributed by atoms with E-state index < -0.39 is 5.66 Å². The number of aliphatic imine (C=N–C) groups is 2. The zero-order valence-electron chi connectivity index (χ0n) is 12.1. The van der Waals surface area contributed by atoms with Crippen LogP contribution in [-0.2, 0) is 5.66 Å². The van der Waals surface area contributed by atoms with Crippen LogP contribution in [-0.4, -0.2) is 11.4 Å². The predicted octanol–water partition coefficient (Wildman–Crippen LogP) is 4.13. The summed E-state index contributed by atoms with van der Waals surface area (Å²) in [6.45, 7) is 6.14. The molecule has 0 spiro atoms. The van der Waals surface area contributed by atoms with Gasteiger partial charge in [0, 0.05) is 11.1 Å². The molecule has 2 heteroatoms. The fraction of sp³-hybridized carbons (Fsp3) is 0.222. The minimum Gasteiger partial charge on any atom is -0.249 e. The maximum absolute atomic E-state index is 4.88. The summed E-state index contributed by atoms with van der Waals surface area (Å²) >= 11 is 0. The minimum atomic E-state index is -0.608. The summed E-state index contributed by atoms with van der Waals surface area (Å²) in [6, 6.07) is 18.8. The Hall–Kier alpha value is -2.22. The highest BCUT2D eigenvalue weighted by Gasteiger charge is 2.37. The van der Waals surface area contributed by atoms with E-state index in [2.05, 4.69) is 43.3 Å². The zero-order valence-corrected chi connectivity index (χ0v) is 12.1. The van der Waals surface area contributed by atoms with Crippen molar-refractivity contribution in [1.29, 1.82) is 0 Å². The Kier molecular flexibility index (Phi) is 3.01. The molecule has 2 nitrogen and oxygen atoms in total. The minimum absolute atomic E-state index is 0.608. The van der Waals surface area contributed by atoms with Crippen LogP contribution >= 0.6 is 0 Å². The second kappa shape index (κ2) is 4.71. The number of aryl methyl sites for hydroxylation is 1. The van der Waals surface area contributed by atoms with Gasteiger partial charge in [0.25, 0.3) is 0 Å². The fourth-order valence-corrected chi connectivity index (χ4v) is 2.55. The molecule has 0 unspecified atom stereocenters. The Morgan fingerprint density at radius 3 is 1.70 bits per heavy atom.